The SMILES string of the molecule is Cc1ccc(C(=O)N(CCc2cccs2)c2nc3ccc(S(C)(=O)=O)cc3s2)cc1. The predicted octanol–water partition coefficient (Wildman–Crippen LogP) is 4.96. The summed E-state index contributed by atoms with van der Waals surface area (Å²) in [5, 5.41) is 2.59. The van der Waals surface area contributed by atoms with Crippen LogP contribution >= 0.6 is 22.7 Å². The van der Waals surface area contributed by atoms with Crippen molar-refractivity contribution >= 4 is 53.8 Å². The molecule has 0 N–H and O–H groups in total. The normalized spacial score (nSPS) is 11.7. The molecule has 154 valence electrons. The molecule has 0 aliphatic rings. The van der Waals surface area contributed by atoms with Crippen LogP contribution in [0.3, 0.4) is 0 Å². The number of nitrogens with zero attached hydrogens (tertiary/aromatic N) is 2. The lowest BCUT2D eigenvalue weighted by atomic mass is 10.1. The molecule has 1 amide bonds. The van der Waals surface area contributed by atoms with E-state index in [0.717, 1.165) is 16.7 Å². The number of rotatable bonds is 6. The average molecular weight is 457 g/mol. The third-order valence-corrected chi connectivity index (χ3v) is 7.80. The monoisotopic (exact) mass is 456 g/mol. The Kier molecular flexibility index (Phi) is 5.73. The number of thiazole rings is 1. The number of sulfone groups is 1. The van der Waals surface area contributed by atoms with Crippen LogP contribution in [0.25, 0.3) is 10.2 Å². The van der Waals surface area contributed by atoms with Crippen LogP contribution in [0.1, 0.15) is 20.8 Å². The summed E-state index contributed by atoms with van der Waals surface area (Å²) < 4.78 is 24.5. The first kappa shape index (κ1) is 20.7. The summed E-state index contributed by atoms with van der Waals surface area (Å²) in [6.07, 6.45) is 1.91. The van der Waals surface area contributed by atoms with E-state index in [0.29, 0.717) is 22.8 Å². The number of carbonyl (C=O) groups is 1. The van der Waals surface area contributed by atoms with Crippen molar-refractivity contribution < 1.29 is 13.2 Å². The molecule has 2 heterocycles. The average Bonchev–Trinajstić information content (AvgIpc) is 3.36. The lowest BCUT2D eigenvalue weighted by Crippen LogP contribution is -2.32. The third-order valence-electron chi connectivity index (χ3n) is 4.71. The van der Waals surface area contributed by atoms with Crippen molar-refractivity contribution in [3.05, 3.63) is 76.0 Å². The van der Waals surface area contributed by atoms with Gasteiger partial charge in [0.15, 0.2) is 15.0 Å². The molecule has 5 nitrogen and oxygen atoms in total. The number of anilines is 1. The van der Waals surface area contributed by atoms with Crippen LogP contribution in [0.15, 0.2) is 64.9 Å². The molecule has 2 aromatic carbocycles. The Morgan fingerprint density at radius 1 is 1.10 bits per heavy atom. The van der Waals surface area contributed by atoms with E-state index >= 15 is 0 Å². The van der Waals surface area contributed by atoms with E-state index in [9.17, 15) is 13.2 Å². The number of aromatic nitrogens is 1. The van der Waals surface area contributed by atoms with Gasteiger partial charge in [-0.05, 0) is 55.1 Å². The molecule has 0 saturated heterocycles. The van der Waals surface area contributed by atoms with Crippen LogP contribution < -0.4 is 4.90 Å². The molecular weight excluding hydrogens is 436 g/mol. The molecule has 4 aromatic rings. The van der Waals surface area contributed by atoms with Crippen molar-refractivity contribution in [2.24, 2.45) is 0 Å². The van der Waals surface area contributed by atoms with Gasteiger partial charge in [-0.2, -0.15) is 0 Å². The highest BCUT2D eigenvalue weighted by atomic mass is 32.2. The van der Waals surface area contributed by atoms with Gasteiger partial charge in [-0.15, -0.1) is 11.3 Å². The van der Waals surface area contributed by atoms with Crippen LogP contribution in [-0.2, 0) is 16.3 Å². The third kappa shape index (κ3) is 4.45. The van der Waals surface area contributed by atoms with E-state index in [1.54, 1.807) is 34.4 Å². The quantitative estimate of drug-likeness (QED) is 0.411. The summed E-state index contributed by atoms with van der Waals surface area (Å²) in [5.74, 6) is -0.117. The molecule has 0 atom stereocenters. The van der Waals surface area contributed by atoms with Crippen LogP contribution in [-0.4, -0.2) is 32.1 Å². The van der Waals surface area contributed by atoms with Gasteiger partial charge < -0.3 is 0 Å². The van der Waals surface area contributed by atoms with Crippen molar-refractivity contribution in [1.82, 2.24) is 4.98 Å². The maximum Gasteiger partial charge on any atom is 0.260 e. The summed E-state index contributed by atoms with van der Waals surface area (Å²) in [4.78, 5) is 21.1. The highest BCUT2D eigenvalue weighted by molar-refractivity contribution is 7.90. The van der Waals surface area contributed by atoms with E-state index in [1.807, 2.05) is 42.6 Å². The summed E-state index contributed by atoms with van der Waals surface area (Å²) in [7, 11) is -3.31. The van der Waals surface area contributed by atoms with E-state index < -0.39 is 9.84 Å². The molecule has 0 fully saturated rings. The van der Waals surface area contributed by atoms with Gasteiger partial charge >= 0.3 is 0 Å². The number of hydrogen-bond donors (Lipinski definition) is 0. The number of fused-ring (bicyclic) bond motifs is 1. The highest BCUT2D eigenvalue weighted by Crippen LogP contribution is 2.32. The molecule has 0 unspecified atom stereocenters. The predicted molar refractivity (Wildman–Crippen MR) is 124 cm³/mol. The molecule has 0 aliphatic heterocycles. The molecule has 4 rings (SSSR count). The topological polar surface area (TPSA) is 67.3 Å². The van der Waals surface area contributed by atoms with E-state index in [4.69, 9.17) is 0 Å². The second kappa shape index (κ2) is 8.29. The zero-order valence-electron chi connectivity index (χ0n) is 16.5. The minimum Gasteiger partial charge on any atom is -0.284 e. The van der Waals surface area contributed by atoms with Gasteiger partial charge in [-0.1, -0.05) is 35.1 Å². The van der Waals surface area contributed by atoms with Gasteiger partial charge in [0.1, 0.15) is 0 Å². The van der Waals surface area contributed by atoms with E-state index in [1.165, 1.54) is 22.5 Å². The lowest BCUT2D eigenvalue weighted by molar-refractivity contribution is 0.0987. The molecule has 0 radical (unpaired) electrons. The molecule has 30 heavy (non-hydrogen) atoms. The van der Waals surface area contributed by atoms with Gasteiger partial charge in [0, 0.05) is 23.2 Å². The standard InChI is InChI=1S/C22H20N2O3S3/c1-15-5-7-16(8-6-15)21(25)24(12-11-17-4-3-13-28-17)22-23-19-10-9-18(30(2,26)27)14-20(19)29-22/h3-10,13-14H,11-12H2,1-2H3. The Balaban J connectivity index is 1.72. The van der Waals surface area contributed by atoms with Crippen LogP contribution in [0.4, 0.5) is 5.13 Å². The first-order chi connectivity index (χ1) is 14.3. The molecule has 2 aromatic heterocycles. The number of benzene rings is 2. The summed E-state index contributed by atoms with van der Waals surface area (Å²) in [6, 6.07) is 16.4. The number of carbonyl (C=O) groups excluding carboxylic acids is 1. The van der Waals surface area contributed by atoms with Crippen molar-refractivity contribution in [1.29, 1.82) is 0 Å². The van der Waals surface area contributed by atoms with Gasteiger partial charge in [-0.25, -0.2) is 13.4 Å². The zero-order chi connectivity index (χ0) is 21.3. The molecule has 0 aliphatic carbocycles. The number of amides is 1. The van der Waals surface area contributed by atoms with Crippen molar-refractivity contribution in [2.75, 3.05) is 17.7 Å². The maximum atomic E-state index is 13.3. The van der Waals surface area contributed by atoms with Gasteiger partial charge in [0.05, 0.1) is 15.1 Å². The Labute approximate surface area is 183 Å². The summed E-state index contributed by atoms with van der Waals surface area (Å²) >= 11 is 2.99. The zero-order valence-corrected chi connectivity index (χ0v) is 19.0. The molecular formula is C22H20N2O3S3. The second-order valence-corrected chi connectivity index (χ2v) is 11.1. The first-order valence-corrected chi connectivity index (χ1v) is 12.9. The number of thiophene rings is 1. The van der Waals surface area contributed by atoms with Crippen molar-refractivity contribution in [2.45, 2.75) is 18.2 Å². The highest BCUT2D eigenvalue weighted by Gasteiger charge is 2.22. The molecule has 0 saturated carbocycles. The minimum absolute atomic E-state index is 0.117. The second-order valence-electron chi connectivity index (χ2n) is 7.05. The number of hydrogen-bond acceptors (Lipinski definition) is 6. The lowest BCUT2D eigenvalue weighted by Gasteiger charge is -2.19. The molecule has 0 spiro atoms. The van der Waals surface area contributed by atoms with Crippen LogP contribution in [0, 0.1) is 6.92 Å². The van der Waals surface area contributed by atoms with Gasteiger partial charge in [0.2, 0.25) is 0 Å². The molecule has 8 heteroatoms. The summed E-state index contributed by atoms with van der Waals surface area (Å²) in [5.41, 5.74) is 2.37. The Morgan fingerprint density at radius 3 is 2.53 bits per heavy atom. The summed E-state index contributed by atoms with van der Waals surface area (Å²) in [6.45, 7) is 2.47. The fraction of sp³-hybridized carbons (Fsp3) is 0.182. The Bertz CT molecular complexity index is 1290. The Hall–Kier alpha value is -2.55. The largest absolute Gasteiger partial charge is 0.284 e. The fourth-order valence-corrected chi connectivity index (χ4v) is 5.50. The number of aryl methyl sites for hydroxylation is 1. The fourth-order valence-electron chi connectivity index (χ4n) is 3.05. The van der Waals surface area contributed by atoms with Gasteiger partial charge in [0.25, 0.3) is 5.91 Å². The maximum absolute atomic E-state index is 13.3. The van der Waals surface area contributed by atoms with E-state index in [-0.39, 0.29) is 10.8 Å². The van der Waals surface area contributed by atoms with Gasteiger partial charge in [-0.3, -0.25) is 9.69 Å². The van der Waals surface area contributed by atoms with Crippen LogP contribution in [0.2, 0.25) is 0 Å². The molecule has 0 bridgehead atoms. The van der Waals surface area contributed by atoms with Crippen LogP contribution in [0.5, 0.6) is 0 Å². The first-order valence-electron chi connectivity index (χ1n) is 9.33. The Morgan fingerprint density at radius 2 is 1.87 bits per heavy atom. The smallest absolute Gasteiger partial charge is 0.260 e. The van der Waals surface area contributed by atoms with Crippen molar-refractivity contribution in [3.8, 4) is 0 Å². The van der Waals surface area contributed by atoms with Crippen molar-refractivity contribution in [3.63, 3.8) is 0 Å². The van der Waals surface area contributed by atoms with E-state index in [2.05, 4.69) is 11.1 Å². The minimum atomic E-state index is -3.31.